The summed E-state index contributed by atoms with van der Waals surface area (Å²) < 4.78 is 0. The molecule has 0 aliphatic rings. The fourth-order valence-corrected chi connectivity index (χ4v) is 1.71. The summed E-state index contributed by atoms with van der Waals surface area (Å²) in [4.78, 5) is 2.28. The summed E-state index contributed by atoms with van der Waals surface area (Å²) in [5.74, 6) is 0.521. The van der Waals surface area contributed by atoms with Crippen molar-refractivity contribution in [1.82, 2.24) is 0 Å². The van der Waals surface area contributed by atoms with Gasteiger partial charge in [-0.1, -0.05) is 32.0 Å². The van der Waals surface area contributed by atoms with Crippen molar-refractivity contribution >= 4 is 5.69 Å². The van der Waals surface area contributed by atoms with Gasteiger partial charge >= 0.3 is 0 Å². The Kier molecular flexibility index (Phi) is 3.75. The molecule has 0 radical (unpaired) electrons. The molecule has 0 saturated carbocycles. The number of hydrogen-bond donors (Lipinski definition) is 1. The highest BCUT2D eigenvalue weighted by molar-refractivity contribution is 5.48. The molecule has 1 rings (SSSR count). The minimum absolute atomic E-state index is 0.0152. The molecular weight excluding hydrogens is 184 g/mol. The number of anilines is 1. The van der Waals surface area contributed by atoms with E-state index in [0.717, 1.165) is 0 Å². The van der Waals surface area contributed by atoms with E-state index in [9.17, 15) is 0 Å². The first-order valence-electron chi connectivity index (χ1n) is 5.51. The van der Waals surface area contributed by atoms with Crippen molar-refractivity contribution in [3.63, 3.8) is 0 Å². The first-order valence-corrected chi connectivity index (χ1v) is 5.51. The second kappa shape index (κ2) is 4.67. The monoisotopic (exact) mass is 206 g/mol. The first-order chi connectivity index (χ1) is 7.02. The Morgan fingerprint density at radius 1 is 1.27 bits per heavy atom. The number of rotatable bonds is 4. The SMILES string of the molecule is CC(C)C(C)(CN)N(C)c1ccccc1. The van der Waals surface area contributed by atoms with Gasteiger partial charge in [0.2, 0.25) is 0 Å². The van der Waals surface area contributed by atoms with Crippen LogP contribution >= 0.6 is 0 Å². The van der Waals surface area contributed by atoms with Crippen molar-refractivity contribution in [3.05, 3.63) is 30.3 Å². The Morgan fingerprint density at radius 3 is 2.20 bits per heavy atom. The lowest BCUT2D eigenvalue weighted by molar-refractivity contribution is 0.333. The van der Waals surface area contributed by atoms with Gasteiger partial charge in [-0.25, -0.2) is 0 Å². The van der Waals surface area contributed by atoms with Crippen LogP contribution in [-0.4, -0.2) is 19.1 Å². The molecule has 2 nitrogen and oxygen atoms in total. The molecule has 0 aromatic heterocycles. The van der Waals surface area contributed by atoms with Crippen LogP contribution in [0.1, 0.15) is 20.8 Å². The summed E-state index contributed by atoms with van der Waals surface area (Å²) >= 11 is 0. The molecule has 2 N–H and O–H groups in total. The molecule has 0 heterocycles. The molecule has 0 aliphatic carbocycles. The number of nitrogens with two attached hydrogens (primary N) is 1. The van der Waals surface area contributed by atoms with Gasteiger partial charge in [0.25, 0.3) is 0 Å². The van der Waals surface area contributed by atoms with Gasteiger partial charge in [0.1, 0.15) is 0 Å². The van der Waals surface area contributed by atoms with Gasteiger partial charge in [0, 0.05) is 19.3 Å². The Labute approximate surface area is 93.1 Å². The van der Waals surface area contributed by atoms with E-state index in [-0.39, 0.29) is 5.54 Å². The summed E-state index contributed by atoms with van der Waals surface area (Å²) in [5.41, 5.74) is 7.14. The Hall–Kier alpha value is -1.02. The van der Waals surface area contributed by atoms with Gasteiger partial charge in [0.15, 0.2) is 0 Å². The van der Waals surface area contributed by atoms with Gasteiger partial charge in [0.05, 0.1) is 5.54 Å². The van der Waals surface area contributed by atoms with Crippen LogP contribution in [0.5, 0.6) is 0 Å². The summed E-state index contributed by atoms with van der Waals surface area (Å²) in [7, 11) is 2.11. The third-order valence-electron chi connectivity index (χ3n) is 3.57. The van der Waals surface area contributed by atoms with Crippen molar-refractivity contribution in [2.75, 3.05) is 18.5 Å². The molecule has 0 amide bonds. The van der Waals surface area contributed by atoms with E-state index in [4.69, 9.17) is 5.73 Å². The minimum Gasteiger partial charge on any atom is -0.368 e. The van der Waals surface area contributed by atoms with Crippen LogP contribution in [0, 0.1) is 5.92 Å². The average molecular weight is 206 g/mol. The van der Waals surface area contributed by atoms with Crippen molar-refractivity contribution in [2.45, 2.75) is 26.3 Å². The lowest BCUT2D eigenvalue weighted by Gasteiger charge is -2.43. The zero-order chi connectivity index (χ0) is 11.5. The van der Waals surface area contributed by atoms with Crippen LogP contribution in [0.3, 0.4) is 0 Å². The number of para-hydroxylation sites is 1. The van der Waals surface area contributed by atoms with Crippen molar-refractivity contribution < 1.29 is 0 Å². The molecular formula is C13H22N2. The minimum atomic E-state index is 0.0152. The molecule has 0 spiro atoms. The quantitative estimate of drug-likeness (QED) is 0.820. The average Bonchev–Trinajstić information content (AvgIpc) is 2.28. The van der Waals surface area contributed by atoms with E-state index >= 15 is 0 Å². The number of likely N-dealkylation sites (N-methyl/N-ethyl adjacent to an activating group) is 1. The van der Waals surface area contributed by atoms with E-state index in [2.05, 4.69) is 57.0 Å². The topological polar surface area (TPSA) is 29.3 Å². The predicted molar refractivity (Wildman–Crippen MR) is 67.1 cm³/mol. The summed E-state index contributed by atoms with van der Waals surface area (Å²) in [6, 6.07) is 10.4. The van der Waals surface area contributed by atoms with Crippen LogP contribution in [-0.2, 0) is 0 Å². The fourth-order valence-electron chi connectivity index (χ4n) is 1.71. The van der Waals surface area contributed by atoms with Gasteiger partial charge in [-0.2, -0.15) is 0 Å². The Bertz CT molecular complexity index is 295. The van der Waals surface area contributed by atoms with E-state index in [0.29, 0.717) is 12.5 Å². The van der Waals surface area contributed by atoms with Gasteiger partial charge in [-0.3, -0.25) is 0 Å². The van der Waals surface area contributed by atoms with Crippen LogP contribution in [0.2, 0.25) is 0 Å². The molecule has 2 heteroatoms. The molecule has 15 heavy (non-hydrogen) atoms. The highest BCUT2D eigenvalue weighted by Crippen LogP contribution is 2.27. The predicted octanol–water partition coefficient (Wildman–Crippen LogP) is 2.50. The lowest BCUT2D eigenvalue weighted by atomic mass is 9.86. The van der Waals surface area contributed by atoms with E-state index in [1.807, 2.05) is 6.07 Å². The zero-order valence-electron chi connectivity index (χ0n) is 10.2. The standard InChI is InChI=1S/C13H22N2/c1-11(2)13(3,10-14)15(4)12-8-6-5-7-9-12/h5-9,11H,10,14H2,1-4H3. The maximum atomic E-state index is 5.90. The van der Waals surface area contributed by atoms with Crippen LogP contribution < -0.4 is 10.6 Å². The van der Waals surface area contributed by atoms with Crippen molar-refractivity contribution in [1.29, 1.82) is 0 Å². The fraction of sp³-hybridized carbons (Fsp3) is 0.538. The largest absolute Gasteiger partial charge is 0.368 e. The normalized spacial score (nSPS) is 15.1. The highest BCUT2D eigenvalue weighted by atomic mass is 15.2. The zero-order valence-corrected chi connectivity index (χ0v) is 10.2. The van der Waals surface area contributed by atoms with Gasteiger partial charge in [-0.15, -0.1) is 0 Å². The van der Waals surface area contributed by atoms with E-state index in [1.54, 1.807) is 0 Å². The Balaban J connectivity index is 2.97. The summed E-state index contributed by atoms with van der Waals surface area (Å²) in [6.45, 7) is 7.30. The number of benzene rings is 1. The van der Waals surface area contributed by atoms with E-state index < -0.39 is 0 Å². The molecule has 84 valence electrons. The van der Waals surface area contributed by atoms with Crippen LogP contribution in [0.15, 0.2) is 30.3 Å². The molecule has 0 aliphatic heterocycles. The smallest absolute Gasteiger partial charge is 0.0515 e. The Morgan fingerprint density at radius 2 is 1.80 bits per heavy atom. The molecule has 0 bridgehead atoms. The summed E-state index contributed by atoms with van der Waals surface area (Å²) in [6.07, 6.45) is 0. The lowest BCUT2D eigenvalue weighted by Crippen LogP contribution is -2.53. The third-order valence-corrected chi connectivity index (χ3v) is 3.57. The van der Waals surface area contributed by atoms with Crippen molar-refractivity contribution in [3.8, 4) is 0 Å². The molecule has 1 atom stereocenters. The van der Waals surface area contributed by atoms with Crippen molar-refractivity contribution in [2.24, 2.45) is 11.7 Å². The maximum Gasteiger partial charge on any atom is 0.0515 e. The third kappa shape index (κ3) is 2.32. The molecule has 1 aromatic rings. The second-order valence-electron chi connectivity index (χ2n) is 4.61. The molecule has 1 unspecified atom stereocenters. The maximum absolute atomic E-state index is 5.90. The van der Waals surface area contributed by atoms with Gasteiger partial charge < -0.3 is 10.6 Å². The number of nitrogens with zero attached hydrogens (tertiary/aromatic N) is 1. The number of hydrogen-bond acceptors (Lipinski definition) is 2. The molecule has 1 aromatic carbocycles. The molecule has 0 saturated heterocycles. The van der Waals surface area contributed by atoms with Gasteiger partial charge in [-0.05, 0) is 25.0 Å². The highest BCUT2D eigenvalue weighted by Gasteiger charge is 2.31. The first kappa shape index (κ1) is 12.1. The van der Waals surface area contributed by atoms with Crippen LogP contribution in [0.4, 0.5) is 5.69 Å². The van der Waals surface area contributed by atoms with E-state index in [1.165, 1.54) is 5.69 Å². The van der Waals surface area contributed by atoms with Crippen LogP contribution in [0.25, 0.3) is 0 Å². The molecule has 0 fully saturated rings. The second-order valence-corrected chi connectivity index (χ2v) is 4.61. The summed E-state index contributed by atoms with van der Waals surface area (Å²) in [5, 5.41) is 0.